The Morgan fingerprint density at radius 2 is 2.17 bits per heavy atom. The minimum absolute atomic E-state index is 0.438. The number of benzene rings is 1. The average molecular weight is 260 g/mol. The molecule has 0 aliphatic rings. The maximum Gasteiger partial charge on any atom is 0.193 e. The number of anilines is 1. The second-order valence-electron chi connectivity index (χ2n) is 3.87. The Kier molecular flexibility index (Phi) is 4.30. The molecule has 18 heavy (non-hydrogen) atoms. The largest absolute Gasteiger partial charge is 0.370 e. The van der Waals surface area contributed by atoms with Crippen LogP contribution in [0.4, 0.5) is 5.69 Å². The van der Waals surface area contributed by atoms with E-state index in [9.17, 15) is 0 Å². The second kappa shape index (κ2) is 6.16. The highest BCUT2D eigenvalue weighted by atomic mass is 32.1. The van der Waals surface area contributed by atoms with E-state index < -0.39 is 0 Å². The number of para-hydroxylation sites is 1. The Balaban J connectivity index is 1.82. The van der Waals surface area contributed by atoms with E-state index in [0.717, 1.165) is 22.8 Å². The zero-order valence-corrected chi connectivity index (χ0v) is 11.1. The summed E-state index contributed by atoms with van der Waals surface area (Å²) in [6.45, 7) is 2.65. The summed E-state index contributed by atoms with van der Waals surface area (Å²) < 4.78 is 0. The molecule has 0 aliphatic carbocycles. The van der Waals surface area contributed by atoms with Crippen molar-refractivity contribution in [3.05, 3.63) is 46.4 Å². The van der Waals surface area contributed by atoms with Crippen LogP contribution in [0.2, 0.25) is 0 Å². The minimum atomic E-state index is 0.438. The summed E-state index contributed by atoms with van der Waals surface area (Å²) in [6.07, 6.45) is 0.821. The van der Waals surface area contributed by atoms with E-state index in [4.69, 9.17) is 5.73 Å². The van der Waals surface area contributed by atoms with Gasteiger partial charge in [-0.25, -0.2) is 4.98 Å². The van der Waals surface area contributed by atoms with Crippen LogP contribution in [0.15, 0.2) is 40.7 Å². The number of aryl methyl sites for hydroxylation is 1. The smallest absolute Gasteiger partial charge is 0.193 e. The van der Waals surface area contributed by atoms with E-state index in [2.05, 4.69) is 20.7 Å². The Hall–Kier alpha value is -1.88. The van der Waals surface area contributed by atoms with Gasteiger partial charge in [0.2, 0.25) is 0 Å². The Morgan fingerprint density at radius 3 is 2.83 bits per heavy atom. The van der Waals surface area contributed by atoms with Crippen molar-refractivity contribution in [2.75, 3.05) is 11.9 Å². The number of guanidine groups is 1. The van der Waals surface area contributed by atoms with Gasteiger partial charge in [0.25, 0.3) is 0 Å². The zero-order valence-electron chi connectivity index (χ0n) is 10.3. The van der Waals surface area contributed by atoms with Gasteiger partial charge in [0.1, 0.15) is 0 Å². The Bertz CT molecular complexity index is 519. The van der Waals surface area contributed by atoms with Crippen LogP contribution in [0.25, 0.3) is 0 Å². The van der Waals surface area contributed by atoms with Gasteiger partial charge in [-0.15, -0.1) is 11.3 Å². The number of nitrogens with one attached hydrogen (secondary N) is 1. The van der Waals surface area contributed by atoms with Gasteiger partial charge < -0.3 is 11.1 Å². The lowest BCUT2D eigenvalue weighted by Crippen LogP contribution is -2.23. The lowest BCUT2D eigenvalue weighted by molar-refractivity contribution is 0.927. The number of aliphatic imine (C=N–C) groups is 1. The monoisotopic (exact) mass is 260 g/mol. The van der Waals surface area contributed by atoms with Gasteiger partial charge in [0, 0.05) is 24.0 Å². The molecule has 1 heterocycles. The lowest BCUT2D eigenvalue weighted by atomic mass is 10.3. The molecule has 0 atom stereocenters. The highest BCUT2D eigenvalue weighted by Gasteiger charge is 1.98. The van der Waals surface area contributed by atoms with Crippen LogP contribution in [-0.4, -0.2) is 17.5 Å². The zero-order chi connectivity index (χ0) is 12.8. The Labute approximate surface area is 111 Å². The van der Waals surface area contributed by atoms with E-state index in [1.54, 1.807) is 11.3 Å². The summed E-state index contributed by atoms with van der Waals surface area (Å²) in [5.74, 6) is 0.438. The number of rotatable bonds is 4. The molecule has 0 unspecified atom stereocenters. The first-order chi connectivity index (χ1) is 8.74. The first-order valence-corrected chi connectivity index (χ1v) is 6.65. The molecule has 5 heteroatoms. The summed E-state index contributed by atoms with van der Waals surface area (Å²) in [7, 11) is 0. The van der Waals surface area contributed by atoms with Crippen molar-refractivity contribution in [1.82, 2.24) is 4.98 Å². The summed E-state index contributed by atoms with van der Waals surface area (Å²) >= 11 is 1.66. The van der Waals surface area contributed by atoms with Gasteiger partial charge in [0.15, 0.2) is 5.96 Å². The van der Waals surface area contributed by atoms with E-state index in [1.807, 2.05) is 37.3 Å². The average Bonchev–Trinajstić information content (AvgIpc) is 2.76. The maximum atomic E-state index is 5.80. The molecule has 1 aromatic heterocycles. The third kappa shape index (κ3) is 3.85. The number of nitrogens with two attached hydrogens (primary N) is 1. The van der Waals surface area contributed by atoms with Crippen molar-refractivity contribution in [2.45, 2.75) is 13.3 Å². The summed E-state index contributed by atoms with van der Waals surface area (Å²) in [5.41, 5.74) is 7.82. The van der Waals surface area contributed by atoms with E-state index >= 15 is 0 Å². The number of hydrogen-bond donors (Lipinski definition) is 2. The molecule has 3 N–H and O–H groups in total. The van der Waals surface area contributed by atoms with Crippen LogP contribution in [-0.2, 0) is 6.42 Å². The first-order valence-electron chi connectivity index (χ1n) is 5.77. The molecule has 0 spiro atoms. The third-order valence-electron chi connectivity index (χ3n) is 2.36. The molecular weight excluding hydrogens is 244 g/mol. The van der Waals surface area contributed by atoms with E-state index in [-0.39, 0.29) is 0 Å². The molecule has 94 valence electrons. The normalized spacial score (nSPS) is 11.5. The van der Waals surface area contributed by atoms with Gasteiger partial charge in [0.05, 0.1) is 10.7 Å². The van der Waals surface area contributed by atoms with Crippen molar-refractivity contribution in [1.29, 1.82) is 0 Å². The Morgan fingerprint density at radius 1 is 1.39 bits per heavy atom. The van der Waals surface area contributed by atoms with Crippen LogP contribution in [0.1, 0.15) is 10.7 Å². The SMILES string of the molecule is Cc1nc(CCN=C(N)Nc2ccccc2)cs1. The maximum absolute atomic E-state index is 5.80. The van der Waals surface area contributed by atoms with Crippen molar-refractivity contribution in [3.63, 3.8) is 0 Å². The second-order valence-corrected chi connectivity index (χ2v) is 4.93. The third-order valence-corrected chi connectivity index (χ3v) is 3.19. The molecule has 0 bridgehead atoms. The van der Waals surface area contributed by atoms with Gasteiger partial charge in [-0.2, -0.15) is 0 Å². The van der Waals surface area contributed by atoms with Crippen molar-refractivity contribution < 1.29 is 0 Å². The first kappa shape index (κ1) is 12.6. The van der Waals surface area contributed by atoms with Gasteiger partial charge in [-0.1, -0.05) is 18.2 Å². The molecule has 0 radical (unpaired) electrons. The van der Waals surface area contributed by atoms with E-state index in [1.165, 1.54) is 0 Å². The van der Waals surface area contributed by atoms with E-state index in [0.29, 0.717) is 12.5 Å². The summed E-state index contributed by atoms with van der Waals surface area (Å²) in [5, 5.41) is 6.19. The fraction of sp³-hybridized carbons (Fsp3) is 0.231. The molecule has 2 aromatic rings. The van der Waals surface area contributed by atoms with Crippen molar-refractivity contribution in [2.24, 2.45) is 10.7 Å². The fourth-order valence-corrected chi connectivity index (χ4v) is 2.17. The molecule has 0 saturated carbocycles. The molecule has 2 rings (SSSR count). The van der Waals surface area contributed by atoms with Crippen molar-refractivity contribution >= 4 is 23.0 Å². The minimum Gasteiger partial charge on any atom is -0.370 e. The van der Waals surface area contributed by atoms with Crippen LogP contribution < -0.4 is 11.1 Å². The predicted octanol–water partition coefficient (Wildman–Crippen LogP) is 2.42. The van der Waals surface area contributed by atoms with Crippen LogP contribution >= 0.6 is 11.3 Å². The van der Waals surface area contributed by atoms with Crippen molar-refractivity contribution in [3.8, 4) is 0 Å². The molecule has 4 nitrogen and oxygen atoms in total. The number of hydrogen-bond acceptors (Lipinski definition) is 3. The molecule has 0 amide bonds. The van der Waals surface area contributed by atoms with Gasteiger partial charge in [-0.3, -0.25) is 4.99 Å². The lowest BCUT2D eigenvalue weighted by Gasteiger charge is -2.04. The summed E-state index contributed by atoms with van der Waals surface area (Å²) in [6, 6.07) is 9.77. The van der Waals surface area contributed by atoms with Gasteiger partial charge >= 0.3 is 0 Å². The number of nitrogens with zero attached hydrogens (tertiary/aromatic N) is 2. The predicted molar refractivity (Wildman–Crippen MR) is 77.1 cm³/mol. The van der Waals surface area contributed by atoms with Gasteiger partial charge in [-0.05, 0) is 19.1 Å². The highest BCUT2D eigenvalue weighted by Crippen LogP contribution is 2.08. The van der Waals surface area contributed by atoms with Crippen LogP contribution in [0, 0.1) is 6.92 Å². The quantitative estimate of drug-likeness (QED) is 0.655. The molecule has 0 saturated heterocycles. The number of aromatic nitrogens is 1. The standard InChI is InChI=1S/C13H16N4S/c1-10-16-12(9-18-10)7-8-15-13(14)17-11-5-3-2-4-6-11/h2-6,9H,7-8H2,1H3,(H3,14,15,17). The molecule has 0 aliphatic heterocycles. The highest BCUT2D eigenvalue weighted by molar-refractivity contribution is 7.09. The molecule has 0 fully saturated rings. The fourth-order valence-electron chi connectivity index (χ4n) is 1.52. The topological polar surface area (TPSA) is 63.3 Å². The molecule has 1 aromatic carbocycles. The van der Waals surface area contributed by atoms with Crippen LogP contribution in [0.3, 0.4) is 0 Å². The summed E-state index contributed by atoms with van der Waals surface area (Å²) in [4.78, 5) is 8.65. The number of thiazole rings is 1. The molecular formula is C13H16N4S. The van der Waals surface area contributed by atoms with Crippen LogP contribution in [0.5, 0.6) is 0 Å².